The highest BCUT2D eigenvalue weighted by atomic mass is 35.5. The third kappa shape index (κ3) is 9.76. The Labute approximate surface area is 269 Å². The Bertz CT molecular complexity index is 1590. The molecule has 3 aromatic rings. The zero-order chi connectivity index (χ0) is 32.8. The zero-order valence-electron chi connectivity index (χ0n) is 24.0. The summed E-state index contributed by atoms with van der Waals surface area (Å²) in [6.45, 7) is 3.02. The molecule has 3 aromatic carbocycles. The second-order valence-electron chi connectivity index (χ2n) is 10.5. The van der Waals surface area contributed by atoms with Gasteiger partial charge in [0.1, 0.15) is 12.6 Å². The molecule has 0 heterocycles. The van der Waals surface area contributed by atoms with Crippen molar-refractivity contribution in [3.05, 3.63) is 98.5 Å². The van der Waals surface area contributed by atoms with Gasteiger partial charge in [0, 0.05) is 19.5 Å². The van der Waals surface area contributed by atoms with Gasteiger partial charge in [0.15, 0.2) is 0 Å². The van der Waals surface area contributed by atoms with Crippen molar-refractivity contribution in [2.45, 2.75) is 39.0 Å². The van der Waals surface area contributed by atoms with Crippen LogP contribution >= 0.6 is 34.8 Å². The highest BCUT2D eigenvalue weighted by molar-refractivity contribution is 7.92. The SMILES string of the molecule is CC(C)CNC(=O)C(Cc1ccccc1)N(Cc1ccc(Cl)c(Cl)c1)C(=O)CN(c1ccc(Cl)c(C(F)(F)F)c1)S(C)(=O)=O. The number of alkyl halides is 3. The third-order valence-corrected chi connectivity index (χ3v) is 8.72. The molecule has 14 heteroatoms. The first-order valence-electron chi connectivity index (χ1n) is 13.4. The molecule has 0 radical (unpaired) electrons. The van der Waals surface area contributed by atoms with Crippen molar-refractivity contribution >= 4 is 62.3 Å². The van der Waals surface area contributed by atoms with Crippen LogP contribution in [0.4, 0.5) is 18.9 Å². The molecule has 0 saturated carbocycles. The number of carbonyl (C=O) groups is 2. The predicted molar refractivity (Wildman–Crippen MR) is 167 cm³/mol. The van der Waals surface area contributed by atoms with Gasteiger partial charge >= 0.3 is 6.18 Å². The first-order chi connectivity index (χ1) is 20.5. The van der Waals surface area contributed by atoms with Crippen LogP contribution in [0.5, 0.6) is 0 Å². The number of hydrogen-bond donors (Lipinski definition) is 1. The first-order valence-corrected chi connectivity index (χ1v) is 16.3. The maximum atomic E-state index is 14.1. The van der Waals surface area contributed by atoms with Crippen LogP contribution in [0.3, 0.4) is 0 Å². The number of carbonyl (C=O) groups excluding carboxylic acids is 2. The summed E-state index contributed by atoms with van der Waals surface area (Å²) in [6, 6.07) is 14.9. The van der Waals surface area contributed by atoms with Crippen LogP contribution in [0.1, 0.15) is 30.5 Å². The van der Waals surface area contributed by atoms with Gasteiger partial charge in [0.25, 0.3) is 0 Å². The van der Waals surface area contributed by atoms with E-state index >= 15 is 0 Å². The summed E-state index contributed by atoms with van der Waals surface area (Å²) in [6.07, 6.45) is -4.05. The van der Waals surface area contributed by atoms with Crippen LogP contribution < -0.4 is 9.62 Å². The fourth-order valence-electron chi connectivity index (χ4n) is 4.31. The second kappa shape index (κ2) is 14.9. The van der Waals surface area contributed by atoms with E-state index in [9.17, 15) is 31.2 Å². The summed E-state index contributed by atoms with van der Waals surface area (Å²) in [5.74, 6) is -1.25. The fourth-order valence-corrected chi connectivity index (χ4v) is 5.70. The van der Waals surface area contributed by atoms with E-state index in [-0.39, 0.29) is 28.9 Å². The molecule has 44 heavy (non-hydrogen) atoms. The molecule has 1 atom stereocenters. The lowest BCUT2D eigenvalue weighted by molar-refractivity contribution is -0.140. The molecule has 1 unspecified atom stereocenters. The maximum Gasteiger partial charge on any atom is 0.417 e. The highest BCUT2D eigenvalue weighted by Gasteiger charge is 2.36. The number of rotatable bonds is 12. The number of benzene rings is 3. The first kappa shape index (κ1) is 35.5. The van der Waals surface area contributed by atoms with Crippen molar-refractivity contribution in [1.29, 1.82) is 0 Å². The highest BCUT2D eigenvalue weighted by Crippen LogP contribution is 2.37. The van der Waals surface area contributed by atoms with Gasteiger partial charge < -0.3 is 10.2 Å². The van der Waals surface area contributed by atoms with E-state index in [1.807, 2.05) is 13.8 Å². The summed E-state index contributed by atoms with van der Waals surface area (Å²) < 4.78 is 67.2. The van der Waals surface area contributed by atoms with Crippen LogP contribution in [0.15, 0.2) is 66.7 Å². The lowest BCUT2D eigenvalue weighted by Gasteiger charge is -2.34. The topological polar surface area (TPSA) is 86.8 Å². The fraction of sp³-hybridized carbons (Fsp3) is 0.333. The molecule has 0 aliphatic rings. The van der Waals surface area contributed by atoms with E-state index in [1.165, 1.54) is 17.0 Å². The van der Waals surface area contributed by atoms with Crippen molar-refractivity contribution in [2.75, 3.05) is 23.7 Å². The van der Waals surface area contributed by atoms with Gasteiger partial charge in [0.05, 0.1) is 32.6 Å². The normalized spacial score (nSPS) is 12.6. The largest absolute Gasteiger partial charge is 0.417 e. The van der Waals surface area contributed by atoms with E-state index in [0.29, 0.717) is 22.5 Å². The minimum absolute atomic E-state index is 0.0653. The molecule has 2 amide bonds. The van der Waals surface area contributed by atoms with Crippen LogP contribution in [0, 0.1) is 5.92 Å². The van der Waals surface area contributed by atoms with Gasteiger partial charge in [-0.3, -0.25) is 13.9 Å². The standard InChI is InChI=1S/C30H31Cl3F3N3O4S/c1-19(2)16-37-29(41)27(14-20-7-5-4-6-8-20)38(17-21-9-11-25(32)26(33)13-21)28(40)18-39(44(3,42)43)22-10-12-24(31)23(15-22)30(34,35)36/h4-13,15,19,27H,14,16-18H2,1-3H3,(H,37,41). The number of hydrogen-bond acceptors (Lipinski definition) is 4. The molecule has 3 rings (SSSR count). The number of halogens is 6. The van der Waals surface area contributed by atoms with E-state index in [0.717, 1.165) is 24.0 Å². The van der Waals surface area contributed by atoms with Crippen molar-refractivity contribution < 1.29 is 31.2 Å². The smallest absolute Gasteiger partial charge is 0.354 e. The number of sulfonamides is 1. The van der Waals surface area contributed by atoms with Crippen LogP contribution in [0.2, 0.25) is 15.1 Å². The molecular weight excluding hydrogens is 662 g/mol. The van der Waals surface area contributed by atoms with Crippen LogP contribution in [0.25, 0.3) is 0 Å². The molecular formula is C30H31Cl3F3N3O4S. The number of nitrogens with one attached hydrogen (secondary N) is 1. The molecule has 0 aliphatic carbocycles. The molecule has 0 bridgehead atoms. The minimum Gasteiger partial charge on any atom is -0.354 e. The lowest BCUT2D eigenvalue weighted by atomic mass is 10.0. The van der Waals surface area contributed by atoms with Gasteiger partial charge in [-0.25, -0.2) is 8.42 Å². The van der Waals surface area contributed by atoms with Gasteiger partial charge in [-0.2, -0.15) is 13.2 Å². The number of nitrogens with zero attached hydrogens (tertiary/aromatic N) is 2. The van der Waals surface area contributed by atoms with Crippen LogP contribution in [-0.4, -0.2) is 50.5 Å². The lowest BCUT2D eigenvalue weighted by Crippen LogP contribution is -2.53. The van der Waals surface area contributed by atoms with E-state index in [1.54, 1.807) is 36.4 Å². The monoisotopic (exact) mass is 691 g/mol. The molecule has 7 nitrogen and oxygen atoms in total. The Morgan fingerprint density at radius 3 is 2.09 bits per heavy atom. The molecule has 0 aliphatic heterocycles. The van der Waals surface area contributed by atoms with Crippen molar-refractivity contribution in [3.8, 4) is 0 Å². The van der Waals surface area contributed by atoms with Crippen molar-refractivity contribution in [3.63, 3.8) is 0 Å². The third-order valence-electron chi connectivity index (χ3n) is 6.52. The minimum atomic E-state index is -4.88. The summed E-state index contributed by atoms with van der Waals surface area (Å²) in [5, 5.41) is 2.66. The Balaban J connectivity index is 2.11. The second-order valence-corrected chi connectivity index (χ2v) is 13.7. The van der Waals surface area contributed by atoms with Gasteiger partial charge in [-0.15, -0.1) is 0 Å². The predicted octanol–water partition coefficient (Wildman–Crippen LogP) is 6.84. The van der Waals surface area contributed by atoms with Crippen LogP contribution in [-0.2, 0) is 38.8 Å². The molecule has 0 aromatic heterocycles. The van der Waals surface area contributed by atoms with Crippen molar-refractivity contribution in [1.82, 2.24) is 10.2 Å². The summed E-state index contributed by atoms with van der Waals surface area (Å²) in [5.41, 5.74) is -0.479. The van der Waals surface area contributed by atoms with Crippen molar-refractivity contribution in [2.24, 2.45) is 5.92 Å². The number of amides is 2. The van der Waals surface area contributed by atoms with Gasteiger partial charge in [-0.1, -0.05) is 85.0 Å². The quantitative estimate of drug-likeness (QED) is 0.225. The summed E-state index contributed by atoms with van der Waals surface area (Å²) in [4.78, 5) is 28.9. The molecule has 238 valence electrons. The van der Waals surface area contributed by atoms with E-state index in [4.69, 9.17) is 34.8 Å². The summed E-state index contributed by atoms with van der Waals surface area (Å²) in [7, 11) is -4.30. The Morgan fingerprint density at radius 2 is 1.52 bits per heavy atom. The van der Waals surface area contributed by atoms with E-state index in [2.05, 4.69) is 5.32 Å². The Hall–Kier alpha value is -2.99. The molecule has 0 spiro atoms. The maximum absolute atomic E-state index is 14.1. The summed E-state index contributed by atoms with van der Waals surface area (Å²) >= 11 is 18.0. The Kier molecular flexibility index (Phi) is 12.0. The van der Waals surface area contributed by atoms with Gasteiger partial charge in [-0.05, 0) is 47.4 Å². The average Bonchev–Trinajstić information content (AvgIpc) is 2.93. The Morgan fingerprint density at radius 1 is 0.886 bits per heavy atom. The van der Waals surface area contributed by atoms with Gasteiger partial charge in [0.2, 0.25) is 21.8 Å². The van der Waals surface area contributed by atoms with E-state index < -0.39 is 56.9 Å². The number of anilines is 1. The average molecular weight is 693 g/mol. The zero-order valence-corrected chi connectivity index (χ0v) is 27.1. The molecule has 0 saturated heterocycles. The molecule has 1 N–H and O–H groups in total. The molecule has 0 fully saturated rings.